The Bertz CT molecular complexity index is 431. The summed E-state index contributed by atoms with van der Waals surface area (Å²) in [5.74, 6) is 0. The predicted molar refractivity (Wildman–Crippen MR) is 80.1 cm³/mol. The summed E-state index contributed by atoms with van der Waals surface area (Å²) in [6.07, 6.45) is 10.1. The molecular weight excluding hydrogens is 234 g/mol. The van der Waals surface area contributed by atoms with Crippen molar-refractivity contribution < 1.29 is 0 Å². The van der Waals surface area contributed by atoms with E-state index in [1.54, 1.807) is 5.57 Å². The number of nitrogens with one attached hydrogen (secondary N) is 1. The largest absolute Gasteiger partial charge is 0.305 e. The lowest BCUT2D eigenvalue weighted by molar-refractivity contribution is 0.529. The first-order valence-electron chi connectivity index (χ1n) is 7.65. The molecule has 1 atom stereocenters. The quantitative estimate of drug-likeness (QED) is 0.820. The van der Waals surface area contributed by atoms with Crippen molar-refractivity contribution in [2.24, 2.45) is 7.05 Å². The second-order valence-corrected chi connectivity index (χ2v) is 5.60. The standard InChI is InChI=1S/C16H27N3/c1-4-11-17-16(14-9-7-5-6-8-10-14)15-12-13(2)18-19(15)3/h9,12,16-17H,4-8,10-11H2,1-3H3. The van der Waals surface area contributed by atoms with Gasteiger partial charge in [0.05, 0.1) is 17.4 Å². The molecule has 1 unspecified atom stereocenters. The van der Waals surface area contributed by atoms with Crippen LogP contribution >= 0.6 is 0 Å². The summed E-state index contributed by atoms with van der Waals surface area (Å²) in [6.45, 7) is 5.36. The summed E-state index contributed by atoms with van der Waals surface area (Å²) in [5.41, 5.74) is 3.98. The van der Waals surface area contributed by atoms with Gasteiger partial charge in [0.25, 0.3) is 0 Å². The fourth-order valence-electron chi connectivity index (χ4n) is 2.92. The van der Waals surface area contributed by atoms with Gasteiger partial charge < -0.3 is 5.32 Å². The van der Waals surface area contributed by atoms with Crippen molar-refractivity contribution in [3.05, 3.63) is 29.1 Å². The Balaban J connectivity index is 2.24. The molecule has 1 aliphatic rings. The fourth-order valence-corrected chi connectivity index (χ4v) is 2.92. The minimum absolute atomic E-state index is 0.351. The van der Waals surface area contributed by atoms with E-state index in [9.17, 15) is 0 Å². The van der Waals surface area contributed by atoms with Gasteiger partial charge in [-0.1, -0.05) is 25.0 Å². The topological polar surface area (TPSA) is 29.9 Å². The fraction of sp³-hybridized carbons (Fsp3) is 0.688. The molecule has 106 valence electrons. The van der Waals surface area contributed by atoms with Crippen molar-refractivity contribution in [3.8, 4) is 0 Å². The third kappa shape index (κ3) is 3.69. The average Bonchev–Trinajstić information content (AvgIpc) is 2.60. The van der Waals surface area contributed by atoms with Crippen LogP contribution < -0.4 is 5.32 Å². The average molecular weight is 261 g/mol. The second-order valence-electron chi connectivity index (χ2n) is 5.60. The molecule has 1 aromatic heterocycles. The van der Waals surface area contributed by atoms with Gasteiger partial charge in [0.2, 0.25) is 0 Å². The number of hydrogen-bond donors (Lipinski definition) is 1. The molecule has 3 heteroatoms. The van der Waals surface area contributed by atoms with E-state index in [-0.39, 0.29) is 0 Å². The maximum atomic E-state index is 4.51. The van der Waals surface area contributed by atoms with Crippen molar-refractivity contribution in [3.63, 3.8) is 0 Å². The molecule has 3 nitrogen and oxygen atoms in total. The Hall–Kier alpha value is -1.09. The molecule has 0 saturated heterocycles. The second kappa shape index (κ2) is 6.90. The zero-order valence-corrected chi connectivity index (χ0v) is 12.6. The van der Waals surface area contributed by atoms with Crippen LogP contribution in [0.5, 0.6) is 0 Å². The lowest BCUT2D eigenvalue weighted by atomic mass is 9.98. The van der Waals surface area contributed by atoms with E-state index in [1.807, 2.05) is 4.68 Å². The van der Waals surface area contributed by atoms with Gasteiger partial charge in [0.1, 0.15) is 0 Å². The number of hydrogen-bond acceptors (Lipinski definition) is 2. The third-order valence-electron chi connectivity index (χ3n) is 3.88. The zero-order chi connectivity index (χ0) is 13.7. The van der Waals surface area contributed by atoms with Crippen LogP contribution in [0.4, 0.5) is 0 Å². The van der Waals surface area contributed by atoms with E-state index in [0.29, 0.717) is 6.04 Å². The molecule has 19 heavy (non-hydrogen) atoms. The van der Waals surface area contributed by atoms with Crippen LogP contribution in [-0.2, 0) is 7.05 Å². The molecule has 0 aliphatic heterocycles. The molecular formula is C16H27N3. The summed E-state index contributed by atoms with van der Waals surface area (Å²) in [6, 6.07) is 2.57. The van der Waals surface area contributed by atoms with Crippen LogP contribution in [-0.4, -0.2) is 16.3 Å². The molecule has 0 fully saturated rings. The predicted octanol–water partition coefficient (Wildman–Crippen LogP) is 3.66. The van der Waals surface area contributed by atoms with Crippen LogP contribution in [0.2, 0.25) is 0 Å². The number of nitrogens with zero attached hydrogens (tertiary/aromatic N) is 2. The Morgan fingerprint density at radius 1 is 1.37 bits per heavy atom. The number of rotatable bonds is 5. The minimum atomic E-state index is 0.351. The molecule has 1 aromatic rings. The summed E-state index contributed by atoms with van der Waals surface area (Å²) >= 11 is 0. The Morgan fingerprint density at radius 3 is 2.89 bits per heavy atom. The van der Waals surface area contributed by atoms with Gasteiger partial charge in [-0.3, -0.25) is 4.68 Å². The van der Waals surface area contributed by atoms with Crippen molar-refractivity contribution in [2.75, 3.05) is 6.54 Å². The van der Waals surface area contributed by atoms with E-state index >= 15 is 0 Å². The van der Waals surface area contributed by atoms with Gasteiger partial charge in [-0.2, -0.15) is 5.10 Å². The molecule has 0 spiro atoms. The monoisotopic (exact) mass is 261 g/mol. The molecule has 1 N–H and O–H groups in total. The summed E-state index contributed by atoms with van der Waals surface area (Å²) in [7, 11) is 2.06. The highest BCUT2D eigenvalue weighted by molar-refractivity contribution is 5.25. The summed E-state index contributed by atoms with van der Waals surface area (Å²) < 4.78 is 2.04. The van der Waals surface area contributed by atoms with Crippen LogP contribution in [0.15, 0.2) is 17.7 Å². The van der Waals surface area contributed by atoms with Crippen LogP contribution in [0.25, 0.3) is 0 Å². The molecule has 0 amide bonds. The minimum Gasteiger partial charge on any atom is -0.305 e. The van der Waals surface area contributed by atoms with Gasteiger partial charge in [0, 0.05) is 7.05 Å². The maximum absolute atomic E-state index is 4.51. The van der Waals surface area contributed by atoms with E-state index in [1.165, 1.54) is 44.2 Å². The smallest absolute Gasteiger partial charge is 0.0707 e. The first kappa shape index (κ1) is 14.3. The molecule has 0 bridgehead atoms. The van der Waals surface area contributed by atoms with Gasteiger partial charge in [-0.15, -0.1) is 0 Å². The lowest BCUT2D eigenvalue weighted by Gasteiger charge is -2.22. The van der Waals surface area contributed by atoms with E-state index < -0.39 is 0 Å². The highest BCUT2D eigenvalue weighted by Crippen LogP contribution is 2.29. The summed E-state index contributed by atoms with van der Waals surface area (Å²) in [4.78, 5) is 0. The highest BCUT2D eigenvalue weighted by Gasteiger charge is 2.20. The van der Waals surface area contributed by atoms with Crippen molar-refractivity contribution >= 4 is 0 Å². The van der Waals surface area contributed by atoms with E-state index in [0.717, 1.165) is 12.2 Å². The first-order valence-corrected chi connectivity index (χ1v) is 7.65. The van der Waals surface area contributed by atoms with Gasteiger partial charge in [0.15, 0.2) is 0 Å². The van der Waals surface area contributed by atoms with Crippen LogP contribution in [0.3, 0.4) is 0 Å². The van der Waals surface area contributed by atoms with Crippen molar-refractivity contribution in [2.45, 2.75) is 58.4 Å². The van der Waals surface area contributed by atoms with Crippen LogP contribution in [0.1, 0.15) is 62.9 Å². The van der Waals surface area contributed by atoms with Crippen molar-refractivity contribution in [1.82, 2.24) is 15.1 Å². The molecule has 1 heterocycles. The molecule has 0 radical (unpaired) electrons. The Morgan fingerprint density at radius 2 is 2.21 bits per heavy atom. The molecule has 0 aromatic carbocycles. The Labute approximate surface area is 117 Å². The van der Waals surface area contributed by atoms with Gasteiger partial charge in [-0.25, -0.2) is 0 Å². The third-order valence-corrected chi connectivity index (χ3v) is 3.88. The lowest BCUT2D eigenvalue weighted by Crippen LogP contribution is -2.26. The number of aryl methyl sites for hydroxylation is 2. The van der Waals surface area contributed by atoms with E-state index in [2.05, 4.69) is 43.5 Å². The Kier molecular flexibility index (Phi) is 5.20. The van der Waals surface area contributed by atoms with Gasteiger partial charge in [-0.05, 0) is 51.6 Å². The van der Waals surface area contributed by atoms with E-state index in [4.69, 9.17) is 0 Å². The summed E-state index contributed by atoms with van der Waals surface area (Å²) in [5, 5.41) is 8.22. The highest BCUT2D eigenvalue weighted by atomic mass is 15.3. The molecule has 2 rings (SSSR count). The molecule has 0 saturated carbocycles. The molecule has 1 aliphatic carbocycles. The first-order chi connectivity index (χ1) is 9.22. The number of allylic oxidation sites excluding steroid dienone is 1. The SMILES string of the molecule is CCCNC(C1=CCCCCC1)c1cc(C)nn1C. The number of aromatic nitrogens is 2. The maximum Gasteiger partial charge on any atom is 0.0707 e. The normalized spacial score (nSPS) is 17.9. The zero-order valence-electron chi connectivity index (χ0n) is 12.6. The van der Waals surface area contributed by atoms with Crippen LogP contribution in [0, 0.1) is 6.92 Å². The van der Waals surface area contributed by atoms with Crippen molar-refractivity contribution in [1.29, 1.82) is 0 Å². The van der Waals surface area contributed by atoms with Gasteiger partial charge >= 0.3 is 0 Å².